The second-order valence-corrected chi connectivity index (χ2v) is 3.38. The summed E-state index contributed by atoms with van der Waals surface area (Å²) >= 11 is 0. The molecule has 2 N–H and O–H groups in total. The molecule has 1 saturated heterocycles. The van der Waals surface area contributed by atoms with Gasteiger partial charge in [0.15, 0.2) is 0 Å². The zero-order chi connectivity index (χ0) is 10.1. The molecule has 1 fully saturated rings. The van der Waals surface area contributed by atoms with Crippen LogP contribution in [0, 0.1) is 0 Å². The average Bonchev–Trinajstić information content (AvgIpc) is 2.29. The van der Waals surface area contributed by atoms with Gasteiger partial charge >= 0.3 is 0 Å². The Kier molecular flexibility index (Phi) is 2.82. The molecular formula is C7H12F4N2. The van der Waals surface area contributed by atoms with Crippen LogP contribution in [0.2, 0.25) is 0 Å². The molecule has 0 aromatic carbocycles. The number of hydrogen-bond donors (Lipinski definition) is 1. The highest BCUT2D eigenvalue weighted by Crippen LogP contribution is 2.28. The van der Waals surface area contributed by atoms with Crippen molar-refractivity contribution >= 4 is 0 Å². The Labute approximate surface area is 73.7 Å². The van der Waals surface area contributed by atoms with Gasteiger partial charge in [0.1, 0.15) is 0 Å². The summed E-state index contributed by atoms with van der Waals surface area (Å²) in [5.41, 5.74) is 4.79. The molecule has 1 aliphatic heterocycles. The van der Waals surface area contributed by atoms with Gasteiger partial charge in [-0.25, -0.2) is 17.6 Å². The van der Waals surface area contributed by atoms with Gasteiger partial charge in [0.05, 0.1) is 19.6 Å². The Morgan fingerprint density at radius 1 is 1.38 bits per heavy atom. The van der Waals surface area contributed by atoms with E-state index in [1.54, 1.807) is 0 Å². The van der Waals surface area contributed by atoms with Crippen molar-refractivity contribution in [2.75, 3.05) is 26.2 Å². The molecule has 0 saturated carbocycles. The molecule has 2 nitrogen and oxygen atoms in total. The van der Waals surface area contributed by atoms with E-state index in [9.17, 15) is 17.6 Å². The summed E-state index contributed by atoms with van der Waals surface area (Å²) in [5.74, 6) is -5.87. The van der Waals surface area contributed by atoms with Crippen LogP contribution in [0.5, 0.6) is 0 Å². The van der Waals surface area contributed by atoms with Gasteiger partial charge in [-0.15, -0.1) is 0 Å². The summed E-state index contributed by atoms with van der Waals surface area (Å²) in [7, 11) is 0. The third-order valence-electron chi connectivity index (χ3n) is 2.00. The molecule has 0 bridgehead atoms. The van der Waals surface area contributed by atoms with Gasteiger partial charge in [-0.2, -0.15) is 0 Å². The fourth-order valence-corrected chi connectivity index (χ4v) is 1.33. The van der Waals surface area contributed by atoms with E-state index in [4.69, 9.17) is 5.73 Å². The first-order valence-corrected chi connectivity index (χ1v) is 4.03. The SMILES string of the molecule is NCC(F)(F)CN1CCC(F)(F)C1. The van der Waals surface area contributed by atoms with Crippen molar-refractivity contribution < 1.29 is 17.6 Å². The fraction of sp³-hybridized carbons (Fsp3) is 1.00. The van der Waals surface area contributed by atoms with Gasteiger partial charge in [-0.1, -0.05) is 0 Å². The highest BCUT2D eigenvalue weighted by molar-refractivity contribution is 4.85. The lowest BCUT2D eigenvalue weighted by molar-refractivity contribution is -0.0334. The largest absolute Gasteiger partial charge is 0.325 e. The van der Waals surface area contributed by atoms with Crippen LogP contribution in [-0.2, 0) is 0 Å². The number of likely N-dealkylation sites (tertiary alicyclic amines) is 1. The first-order chi connectivity index (χ1) is 5.85. The molecule has 6 heteroatoms. The van der Waals surface area contributed by atoms with Gasteiger partial charge in [0.25, 0.3) is 11.8 Å². The zero-order valence-corrected chi connectivity index (χ0v) is 7.07. The smallest absolute Gasteiger partial charge is 0.272 e. The van der Waals surface area contributed by atoms with Gasteiger partial charge in [0, 0.05) is 13.0 Å². The number of hydrogen-bond acceptors (Lipinski definition) is 2. The van der Waals surface area contributed by atoms with Crippen molar-refractivity contribution in [3.63, 3.8) is 0 Å². The van der Waals surface area contributed by atoms with Crippen LogP contribution in [-0.4, -0.2) is 42.9 Å². The third-order valence-corrected chi connectivity index (χ3v) is 2.00. The Morgan fingerprint density at radius 3 is 2.38 bits per heavy atom. The van der Waals surface area contributed by atoms with Crippen LogP contribution in [0.1, 0.15) is 6.42 Å². The number of rotatable bonds is 3. The Hall–Kier alpha value is -0.360. The Morgan fingerprint density at radius 2 is 2.00 bits per heavy atom. The van der Waals surface area contributed by atoms with Crippen LogP contribution in [0.25, 0.3) is 0 Å². The van der Waals surface area contributed by atoms with Gasteiger partial charge in [-0.3, -0.25) is 4.90 Å². The average molecular weight is 200 g/mol. The van der Waals surface area contributed by atoms with Gasteiger partial charge in [0.2, 0.25) is 0 Å². The van der Waals surface area contributed by atoms with Gasteiger partial charge in [-0.05, 0) is 0 Å². The van der Waals surface area contributed by atoms with E-state index in [-0.39, 0.29) is 13.0 Å². The highest BCUT2D eigenvalue weighted by Gasteiger charge is 2.41. The van der Waals surface area contributed by atoms with Crippen LogP contribution in [0.3, 0.4) is 0 Å². The predicted octanol–water partition coefficient (Wildman–Crippen LogP) is 0.921. The summed E-state index contributed by atoms with van der Waals surface area (Å²) in [6.45, 7) is -2.03. The third kappa shape index (κ3) is 3.11. The molecular weight excluding hydrogens is 188 g/mol. The van der Waals surface area contributed by atoms with Gasteiger partial charge < -0.3 is 5.73 Å². The zero-order valence-electron chi connectivity index (χ0n) is 7.07. The second kappa shape index (κ2) is 3.42. The van der Waals surface area contributed by atoms with E-state index < -0.39 is 31.5 Å². The van der Waals surface area contributed by atoms with Crippen LogP contribution in [0.15, 0.2) is 0 Å². The van der Waals surface area contributed by atoms with Crippen LogP contribution >= 0.6 is 0 Å². The number of halogens is 4. The summed E-state index contributed by atoms with van der Waals surface area (Å²) in [4.78, 5) is 1.05. The maximum Gasteiger partial charge on any atom is 0.272 e. The maximum absolute atomic E-state index is 12.6. The molecule has 1 heterocycles. The van der Waals surface area contributed by atoms with Crippen molar-refractivity contribution in [1.29, 1.82) is 0 Å². The molecule has 0 spiro atoms. The molecule has 0 aromatic rings. The Bertz CT molecular complexity index is 183. The summed E-state index contributed by atoms with van der Waals surface area (Å²) in [6.07, 6.45) is -0.340. The monoisotopic (exact) mass is 200 g/mol. The lowest BCUT2D eigenvalue weighted by Gasteiger charge is -2.21. The molecule has 78 valence electrons. The first-order valence-electron chi connectivity index (χ1n) is 4.03. The van der Waals surface area contributed by atoms with E-state index in [0.29, 0.717) is 0 Å². The number of nitrogens with zero attached hydrogens (tertiary/aromatic N) is 1. The molecule has 1 rings (SSSR count). The number of nitrogens with two attached hydrogens (primary N) is 1. The molecule has 0 radical (unpaired) electrons. The molecule has 0 aliphatic carbocycles. The Balaban J connectivity index is 2.40. The highest BCUT2D eigenvalue weighted by atomic mass is 19.3. The van der Waals surface area contributed by atoms with E-state index in [1.807, 2.05) is 0 Å². The molecule has 1 aliphatic rings. The molecule has 0 unspecified atom stereocenters. The van der Waals surface area contributed by atoms with Crippen molar-refractivity contribution in [1.82, 2.24) is 4.90 Å². The minimum absolute atomic E-state index is 0.0165. The minimum atomic E-state index is -3.06. The van der Waals surface area contributed by atoms with E-state index in [1.165, 1.54) is 0 Å². The van der Waals surface area contributed by atoms with Crippen LogP contribution in [0.4, 0.5) is 17.6 Å². The fourth-order valence-electron chi connectivity index (χ4n) is 1.33. The van der Waals surface area contributed by atoms with E-state index >= 15 is 0 Å². The summed E-state index contributed by atoms with van der Waals surface area (Å²) in [5, 5.41) is 0. The van der Waals surface area contributed by atoms with E-state index in [2.05, 4.69) is 0 Å². The summed E-state index contributed by atoms with van der Waals surface area (Å²) < 4.78 is 50.4. The van der Waals surface area contributed by atoms with Crippen molar-refractivity contribution in [2.45, 2.75) is 18.3 Å². The van der Waals surface area contributed by atoms with Crippen molar-refractivity contribution in [3.8, 4) is 0 Å². The molecule has 13 heavy (non-hydrogen) atoms. The maximum atomic E-state index is 12.6. The quantitative estimate of drug-likeness (QED) is 0.686. The van der Waals surface area contributed by atoms with Crippen LogP contribution < -0.4 is 5.73 Å². The molecule has 0 amide bonds. The molecule has 0 atom stereocenters. The lowest BCUT2D eigenvalue weighted by Crippen LogP contribution is -2.41. The van der Waals surface area contributed by atoms with Crippen molar-refractivity contribution in [2.24, 2.45) is 5.73 Å². The molecule has 0 aromatic heterocycles. The standard InChI is InChI=1S/C7H12F4N2/c8-6(9)1-2-13(4-6)5-7(10,11)3-12/h1-5,12H2. The second-order valence-electron chi connectivity index (χ2n) is 3.38. The predicted molar refractivity (Wildman–Crippen MR) is 40.0 cm³/mol. The number of alkyl halides is 4. The minimum Gasteiger partial charge on any atom is -0.325 e. The van der Waals surface area contributed by atoms with Crippen molar-refractivity contribution in [3.05, 3.63) is 0 Å². The first kappa shape index (κ1) is 10.7. The summed E-state index contributed by atoms with van der Waals surface area (Å²) in [6, 6.07) is 0. The topological polar surface area (TPSA) is 29.3 Å². The van der Waals surface area contributed by atoms with E-state index in [0.717, 1.165) is 4.90 Å². The lowest BCUT2D eigenvalue weighted by atomic mass is 10.3. The normalized spacial score (nSPS) is 23.8.